The third-order valence-corrected chi connectivity index (χ3v) is 5.69. The van der Waals surface area contributed by atoms with Gasteiger partial charge in [-0.25, -0.2) is 9.97 Å². The molecule has 1 aliphatic heterocycles. The van der Waals surface area contributed by atoms with E-state index in [1.165, 1.54) is 0 Å². The van der Waals surface area contributed by atoms with Gasteiger partial charge in [-0.2, -0.15) is 0 Å². The highest BCUT2D eigenvalue weighted by molar-refractivity contribution is 5.80. The Hall–Kier alpha value is -1.69. The quantitative estimate of drug-likeness (QED) is 0.876. The third kappa shape index (κ3) is 4.29. The minimum absolute atomic E-state index is 0.0496. The van der Waals surface area contributed by atoms with Crippen molar-refractivity contribution < 1.29 is 4.79 Å². The number of aromatic nitrogens is 2. The molecule has 1 aliphatic carbocycles. The van der Waals surface area contributed by atoms with Crippen molar-refractivity contribution in [2.24, 2.45) is 11.7 Å². The Balaban J connectivity index is 1.54. The van der Waals surface area contributed by atoms with Crippen molar-refractivity contribution in [1.82, 2.24) is 15.3 Å². The maximum absolute atomic E-state index is 12.7. The first kappa shape index (κ1) is 18.1. The molecule has 0 radical (unpaired) electrons. The molecule has 2 fully saturated rings. The minimum Gasteiger partial charge on any atom is -0.356 e. The van der Waals surface area contributed by atoms with E-state index in [0.717, 1.165) is 69.0 Å². The summed E-state index contributed by atoms with van der Waals surface area (Å²) < 4.78 is 0. The number of aryl methyl sites for hydroxylation is 2. The lowest BCUT2D eigenvalue weighted by Crippen LogP contribution is -2.55. The molecule has 0 spiro atoms. The third-order valence-electron chi connectivity index (χ3n) is 5.69. The molecule has 3 N–H and O–H groups in total. The summed E-state index contributed by atoms with van der Waals surface area (Å²) in [4.78, 5) is 23.9. The van der Waals surface area contributed by atoms with Gasteiger partial charge in [-0.1, -0.05) is 12.8 Å². The van der Waals surface area contributed by atoms with E-state index in [0.29, 0.717) is 0 Å². The van der Waals surface area contributed by atoms with Gasteiger partial charge >= 0.3 is 0 Å². The first-order chi connectivity index (χ1) is 11.8. The standard InChI is InChI=1S/C19H31N5O/c1-13-12-17(22-14(2)21-13)24-10-7-15(8-11-24)23-18(25)16-6-4-5-9-19(16,3)20/h12,15-16H,4-11,20H2,1-3H3,(H,23,25). The van der Waals surface area contributed by atoms with Crippen molar-refractivity contribution in [2.75, 3.05) is 18.0 Å². The number of anilines is 1. The Morgan fingerprint density at radius 3 is 2.60 bits per heavy atom. The molecule has 2 unspecified atom stereocenters. The van der Waals surface area contributed by atoms with E-state index in [-0.39, 0.29) is 23.4 Å². The van der Waals surface area contributed by atoms with Crippen molar-refractivity contribution in [3.8, 4) is 0 Å². The number of nitrogens with one attached hydrogen (secondary N) is 1. The van der Waals surface area contributed by atoms with E-state index in [1.54, 1.807) is 0 Å². The molecule has 1 amide bonds. The summed E-state index contributed by atoms with van der Waals surface area (Å²) in [5.41, 5.74) is 7.01. The van der Waals surface area contributed by atoms with Crippen LogP contribution < -0.4 is 16.0 Å². The van der Waals surface area contributed by atoms with E-state index in [9.17, 15) is 4.79 Å². The number of piperidine rings is 1. The van der Waals surface area contributed by atoms with Gasteiger partial charge in [0.25, 0.3) is 0 Å². The first-order valence-corrected chi connectivity index (χ1v) is 9.51. The van der Waals surface area contributed by atoms with Gasteiger partial charge in [-0.15, -0.1) is 0 Å². The van der Waals surface area contributed by atoms with Crippen LogP contribution >= 0.6 is 0 Å². The number of carbonyl (C=O) groups excluding carboxylic acids is 1. The number of hydrogen-bond donors (Lipinski definition) is 2. The SMILES string of the molecule is Cc1cc(N2CCC(NC(=O)C3CCCCC3(C)N)CC2)nc(C)n1. The number of hydrogen-bond acceptors (Lipinski definition) is 5. The van der Waals surface area contributed by atoms with Crippen LogP contribution in [-0.2, 0) is 4.79 Å². The van der Waals surface area contributed by atoms with E-state index >= 15 is 0 Å². The van der Waals surface area contributed by atoms with Crippen LogP contribution in [0, 0.1) is 19.8 Å². The summed E-state index contributed by atoms with van der Waals surface area (Å²) in [5.74, 6) is 1.91. The summed E-state index contributed by atoms with van der Waals surface area (Å²) >= 11 is 0. The second kappa shape index (κ2) is 7.28. The molecule has 0 bridgehead atoms. The van der Waals surface area contributed by atoms with Crippen LogP contribution in [-0.4, -0.2) is 40.5 Å². The Bertz CT molecular complexity index is 602. The number of rotatable bonds is 3. The average Bonchev–Trinajstić information content (AvgIpc) is 2.54. The number of amides is 1. The highest BCUT2D eigenvalue weighted by Gasteiger charge is 2.38. The molecular formula is C19H31N5O. The lowest BCUT2D eigenvalue weighted by Gasteiger charge is -2.39. The summed E-state index contributed by atoms with van der Waals surface area (Å²) in [7, 11) is 0. The molecular weight excluding hydrogens is 314 g/mol. The topological polar surface area (TPSA) is 84.1 Å². The van der Waals surface area contributed by atoms with Crippen molar-refractivity contribution in [1.29, 1.82) is 0 Å². The van der Waals surface area contributed by atoms with Crippen LogP contribution in [0.25, 0.3) is 0 Å². The zero-order valence-electron chi connectivity index (χ0n) is 15.7. The fraction of sp³-hybridized carbons (Fsp3) is 0.737. The predicted octanol–water partition coefficient (Wildman–Crippen LogP) is 2.09. The normalized spacial score (nSPS) is 28.0. The summed E-state index contributed by atoms with van der Waals surface area (Å²) in [6.45, 7) is 7.77. The van der Waals surface area contributed by atoms with Crippen LogP contribution in [0.3, 0.4) is 0 Å². The Kier molecular flexibility index (Phi) is 5.27. The molecule has 6 nitrogen and oxygen atoms in total. The molecule has 2 heterocycles. The van der Waals surface area contributed by atoms with Gasteiger partial charge in [0.2, 0.25) is 5.91 Å². The molecule has 1 aromatic rings. The van der Waals surface area contributed by atoms with Gasteiger partial charge in [0.15, 0.2) is 0 Å². The largest absolute Gasteiger partial charge is 0.356 e. The van der Waals surface area contributed by atoms with Gasteiger partial charge in [0.1, 0.15) is 11.6 Å². The molecule has 3 rings (SSSR count). The van der Waals surface area contributed by atoms with Gasteiger partial charge in [0, 0.05) is 36.4 Å². The van der Waals surface area contributed by atoms with Crippen LogP contribution in [0.2, 0.25) is 0 Å². The summed E-state index contributed by atoms with van der Waals surface area (Å²) in [6, 6.07) is 2.28. The Labute approximate surface area is 150 Å². The smallest absolute Gasteiger partial charge is 0.225 e. The van der Waals surface area contributed by atoms with E-state index in [2.05, 4.69) is 20.2 Å². The summed E-state index contributed by atoms with van der Waals surface area (Å²) in [5, 5.41) is 3.26. The number of nitrogens with two attached hydrogens (primary N) is 1. The zero-order chi connectivity index (χ0) is 18.0. The lowest BCUT2D eigenvalue weighted by molar-refractivity contribution is -0.129. The highest BCUT2D eigenvalue weighted by atomic mass is 16.2. The fourth-order valence-corrected chi connectivity index (χ4v) is 4.20. The Morgan fingerprint density at radius 1 is 1.24 bits per heavy atom. The molecule has 138 valence electrons. The van der Waals surface area contributed by atoms with Gasteiger partial charge in [-0.05, 0) is 46.5 Å². The molecule has 25 heavy (non-hydrogen) atoms. The maximum atomic E-state index is 12.7. The maximum Gasteiger partial charge on any atom is 0.225 e. The minimum atomic E-state index is -0.362. The van der Waals surface area contributed by atoms with Crippen LogP contribution in [0.15, 0.2) is 6.07 Å². The number of nitrogens with zero attached hydrogens (tertiary/aromatic N) is 3. The molecule has 1 saturated carbocycles. The summed E-state index contributed by atoms with van der Waals surface area (Å²) in [6.07, 6.45) is 5.99. The van der Waals surface area contributed by atoms with E-state index < -0.39 is 0 Å². The van der Waals surface area contributed by atoms with Gasteiger partial charge < -0.3 is 16.0 Å². The van der Waals surface area contributed by atoms with Gasteiger partial charge in [-0.3, -0.25) is 4.79 Å². The molecule has 1 saturated heterocycles. The average molecular weight is 345 g/mol. The second-order valence-electron chi connectivity index (χ2n) is 7.99. The Morgan fingerprint density at radius 2 is 1.96 bits per heavy atom. The molecule has 1 aromatic heterocycles. The predicted molar refractivity (Wildman–Crippen MR) is 99.4 cm³/mol. The lowest BCUT2D eigenvalue weighted by atomic mass is 9.74. The van der Waals surface area contributed by atoms with Crippen LogP contribution in [0.1, 0.15) is 57.0 Å². The molecule has 2 atom stereocenters. The van der Waals surface area contributed by atoms with Crippen molar-refractivity contribution in [2.45, 2.75) is 70.9 Å². The number of carbonyl (C=O) groups is 1. The molecule has 2 aliphatic rings. The zero-order valence-corrected chi connectivity index (χ0v) is 15.7. The monoisotopic (exact) mass is 345 g/mol. The van der Waals surface area contributed by atoms with Gasteiger partial charge in [0.05, 0.1) is 5.92 Å². The molecule has 0 aromatic carbocycles. The van der Waals surface area contributed by atoms with Crippen molar-refractivity contribution >= 4 is 11.7 Å². The van der Waals surface area contributed by atoms with Crippen LogP contribution in [0.5, 0.6) is 0 Å². The van der Waals surface area contributed by atoms with E-state index in [4.69, 9.17) is 5.73 Å². The van der Waals surface area contributed by atoms with Crippen molar-refractivity contribution in [3.63, 3.8) is 0 Å². The first-order valence-electron chi connectivity index (χ1n) is 9.51. The fourth-order valence-electron chi connectivity index (χ4n) is 4.20. The van der Waals surface area contributed by atoms with E-state index in [1.807, 2.05) is 26.8 Å². The molecule has 6 heteroatoms. The second-order valence-corrected chi connectivity index (χ2v) is 7.99. The van der Waals surface area contributed by atoms with Crippen LogP contribution in [0.4, 0.5) is 5.82 Å². The highest BCUT2D eigenvalue weighted by Crippen LogP contribution is 2.32. The van der Waals surface area contributed by atoms with Crippen molar-refractivity contribution in [3.05, 3.63) is 17.6 Å².